The second-order valence-corrected chi connectivity index (χ2v) is 7.61. The molecule has 1 heterocycles. The third kappa shape index (κ3) is 4.32. The second kappa shape index (κ2) is 8.42. The molecule has 164 valence electrons. The first kappa shape index (κ1) is 21.5. The lowest BCUT2D eigenvalue weighted by atomic mass is 10.1. The van der Waals surface area contributed by atoms with Gasteiger partial charge in [-0.3, -0.25) is 4.79 Å². The smallest absolute Gasteiger partial charge is 0.418 e. The highest BCUT2D eigenvalue weighted by atomic mass is 19.4. The molecule has 4 nitrogen and oxygen atoms in total. The van der Waals surface area contributed by atoms with Crippen LogP contribution in [0.5, 0.6) is 0 Å². The summed E-state index contributed by atoms with van der Waals surface area (Å²) in [6.45, 7) is 0.461. The average molecular weight is 438 g/mol. The molecule has 0 saturated carbocycles. The molecule has 0 amide bonds. The molecule has 0 fully saturated rings. The molecule has 0 aliphatic carbocycles. The van der Waals surface area contributed by atoms with Gasteiger partial charge in [-0.1, -0.05) is 42.5 Å². The first-order valence-corrected chi connectivity index (χ1v) is 10.0. The summed E-state index contributed by atoms with van der Waals surface area (Å²) in [5.74, 6) is -0.903. The molecule has 32 heavy (non-hydrogen) atoms. The summed E-state index contributed by atoms with van der Waals surface area (Å²) < 4.78 is 42.4. The fourth-order valence-corrected chi connectivity index (χ4v) is 3.96. The average Bonchev–Trinajstić information content (AvgIpc) is 3.09. The number of benzene rings is 3. The Balaban J connectivity index is 1.68. The van der Waals surface area contributed by atoms with Crippen LogP contribution in [0, 0.1) is 0 Å². The molecule has 4 rings (SSSR count). The summed E-state index contributed by atoms with van der Waals surface area (Å²) >= 11 is 0. The largest absolute Gasteiger partial charge is 0.481 e. The maximum atomic E-state index is 13.5. The number of para-hydroxylation sites is 2. The molecular formula is C25H21F3N2O2. The van der Waals surface area contributed by atoms with E-state index in [9.17, 15) is 23.1 Å². The van der Waals surface area contributed by atoms with Crippen LogP contribution in [0.3, 0.4) is 0 Å². The lowest BCUT2D eigenvalue weighted by molar-refractivity contribution is -0.137. The number of carboxylic acid groups (broad SMARTS) is 1. The number of alkyl halides is 3. The van der Waals surface area contributed by atoms with Crippen LogP contribution >= 0.6 is 0 Å². The first-order chi connectivity index (χ1) is 15.2. The Labute approximate surface area is 183 Å². The number of hydrogen-bond acceptors (Lipinski definition) is 2. The Kier molecular flexibility index (Phi) is 5.65. The van der Waals surface area contributed by atoms with Crippen LogP contribution in [0.15, 0.2) is 79.0 Å². The topological polar surface area (TPSA) is 45.5 Å². The maximum Gasteiger partial charge on any atom is 0.418 e. The number of carbonyl (C=O) groups is 1. The minimum absolute atomic E-state index is 0.0762. The fourth-order valence-electron chi connectivity index (χ4n) is 3.96. The molecule has 0 spiro atoms. The molecule has 3 aromatic carbocycles. The fraction of sp³-hybridized carbons (Fsp3) is 0.160. The minimum Gasteiger partial charge on any atom is -0.481 e. The van der Waals surface area contributed by atoms with Crippen molar-refractivity contribution in [2.45, 2.75) is 19.1 Å². The summed E-state index contributed by atoms with van der Waals surface area (Å²) in [4.78, 5) is 12.8. The molecule has 0 bridgehead atoms. The SMILES string of the molecule is CN(c1cccc(Cn2cc(CC(=O)O)c3ccccc32)c1)c1ccccc1C(F)(F)F. The molecule has 1 aromatic heterocycles. The third-order valence-electron chi connectivity index (χ3n) is 5.43. The zero-order valence-electron chi connectivity index (χ0n) is 17.3. The first-order valence-electron chi connectivity index (χ1n) is 10.0. The predicted octanol–water partition coefficient (Wildman–Crippen LogP) is 6.10. The van der Waals surface area contributed by atoms with Crippen molar-refractivity contribution in [2.75, 3.05) is 11.9 Å². The molecule has 4 aromatic rings. The summed E-state index contributed by atoms with van der Waals surface area (Å²) in [6, 6.07) is 20.4. The number of fused-ring (bicyclic) bond motifs is 1. The number of nitrogens with zero attached hydrogens (tertiary/aromatic N) is 2. The number of carboxylic acids is 1. The van der Waals surface area contributed by atoms with E-state index in [1.165, 1.54) is 17.0 Å². The van der Waals surface area contributed by atoms with Gasteiger partial charge in [-0.05, 0) is 41.5 Å². The zero-order valence-corrected chi connectivity index (χ0v) is 17.3. The summed E-state index contributed by atoms with van der Waals surface area (Å²) in [5.41, 5.74) is 2.53. The van der Waals surface area contributed by atoms with E-state index < -0.39 is 17.7 Å². The standard InChI is InChI=1S/C25H21F3N2O2/c1-29(23-12-5-3-10-21(23)25(26,27)28)19-8-6-7-17(13-19)15-30-16-18(14-24(31)32)20-9-2-4-11-22(20)30/h2-13,16H,14-15H2,1H3,(H,31,32). The van der Waals surface area contributed by atoms with Crippen molar-refractivity contribution in [1.29, 1.82) is 0 Å². The molecule has 0 radical (unpaired) electrons. The number of rotatable bonds is 6. The number of hydrogen-bond donors (Lipinski definition) is 1. The van der Waals surface area contributed by atoms with Gasteiger partial charge in [0.15, 0.2) is 0 Å². The molecule has 1 N–H and O–H groups in total. The van der Waals surface area contributed by atoms with Crippen LogP contribution in [0.25, 0.3) is 10.9 Å². The Hall–Kier alpha value is -3.74. The van der Waals surface area contributed by atoms with E-state index in [4.69, 9.17) is 0 Å². The quantitative estimate of drug-likeness (QED) is 0.395. The molecule has 7 heteroatoms. The van der Waals surface area contributed by atoms with Gasteiger partial charge in [0.1, 0.15) is 0 Å². The van der Waals surface area contributed by atoms with Gasteiger partial charge in [-0.25, -0.2) is 0 Å². The van der Waals surface area contributed by atoms with E-state index in [2.05, 4.69) is 0 Å². The van der Waals surface area contributed by atoms with Gasteiger partial charge in [0.2, 0.25) is 0 Å². The minimum atomic E-state index is -4.45. The van der Waals surface area contributed by atoms with E-state index in [0.29, 0.717) is 12.2 Å². The summed E-state index contributed by atoms with van der Waals surface area (Å²) in [5, 5.41) is 10.1. The number of aromatic nitrogens is 1. The van der Waals surface area contributed by atoms with E-state index in [0.717, 1.165) is 28.1 Å². The van der Waals surface area contributed by atoms with Crippen LogP contribution in [-0.4, -0.2) is 22.7 Å². The van der Waals surface area contributed by atoms with Crippen molar-refractivity contribution in [3.63, 3.8) is 0 Å². The van der Waals surface area contributed by atoms with Crippen molar-refractivity contribution in [1.82, 2.24) is 4.57 Å². The van der Waals surface area contributed by atoms with Gasteiger partial charge in [0.05, 0.1) is 17.7 Å². The number of halogens is 3. The highest BCUT2D eigenvalue weighted by molar-refractivity contribution is 5.87. The predicted molar refractivity (Wildman–Crippen MR) is 118 cm³/mol. The highest BCUT2D eigenvalue weighted by Gasteiger charge is 2.34. The molecule has 0 unspecified atom stereocenters. The summed E-state index contributed by atoms with van der Waals surface area (Å²) in [7, 11) is 1.61. The molecule has 0 aliphatic heterocycles. The van der Waals surface area contributed by atoms with Crippen molar-refractivity contribution in [2.24, 2.45) is 0 Å². The van der Waals surface area contributed by atoms with E-state index in [-0.39, 0.29) is 12.1 Å². The van der Waals surface area contributed by atoms with Crippen molar-refractivity contribution in [3.05, 3.63) is 95.7 Å². The number of aliphatic carboxylic acids is 1. The van der Waals surface area contributed by atoms with Gasteiger partial charge in [0.25, 0.3) is 0 Å². The Bertz CT molecular complexity index is 1280. The zero-order chi connectivity index (χ0) is 22.9. The van der Waals surface area contributed by atoms with E-state index in [1.807, 2.05) is 47.2 Å². The van der Waals surface area contributed by atoms with E-state index in [1.54, 1.807) is 25.2 Å². The number of anilines is 2. The highest BCUT2D eigenvalue weighted by Crippen LogP contribution is 2.38. The monoisotopic (exact) mass is 438 g/mol. The van der Waals surface area contributed by atoms with Crippen LogP contribution in [-0.2, 0) is 23.9 Å². The Morgan fingerprint density at radius 3 is 2.47 bits per heavy atom. The van der Waals surface area contributed by atoms with Crippen molar-refractivity contribution in [3.8, 4) is 0 Å². The van der Waals surface area contributed by atoms with Crippen LogP contribution < -0.4 is 4.90 Å². The lowest BCUT2D eigenvalue weighted by Crippen LogP contribution is -2.16. The van der Waals surface area contributed by atoms with Crippen LogP contribution in [0.2, 0.25) is 0 Å². The van der Waals surface area contributed by atoms with E-state index >= 15 is 0 Å². The molecule has 0 atom stereocenters. The molecule has 0 aliphatic rings. The molecule has 0 saturated heterocycles. The van der Waals surface area contributed by atoms with Gasteiger partial charge in [0, 0.05) is 36.4 Å². The second-order valence-electron chi connectivity index (χ2n) is 7.61. The Morgan fingerprint density at radius 2 is 1.72 bits per heavy atom. The molecular weight excluding hydrogens is 417 g/mol. The van der Waals surface area contributed by atoms with Crippen molar-refractivity contribution < 1.29 is 23.1 Å². The maximum absolute atomic E-state index is 13.5. The van der Waals surface area contributed by atoms with Gasteiger partial charge in [-0.15, -0.1) is 0 Å². The van der Waals surface area contributed by atoms with Crippen LogP contribution in [0.1, 0.15) is 16.7 Å². The van der Waals surface area contributed by atoms with Gasteiger partial charge < -0.3 is 14.6 Å². The Morgan fingerprint density at radius 1 is 1.00 bits per heavy atom. The van der Waals surface area contributed by atoms with Gasteiger partial charge in [-0.2, -0.15) is 13.2 Å². The summed E-state index contributed by atoms with van der Waals surface area (Å²) in [6.07, 6.45) is -2.70. The normalized spacial score (nSPS) is 11.6. The third-order valence-corrected chi connectivity index (χ3v) is 5.43. The lowest BCUT2D eigenvalue weighted by Gasteiger charge is -2.24. The van der Waals surface area contributed by atoms with Gasteiger partial charge >= 0.3 is 12.1 Å². The van der Waals surface area contributed by atoms with Crippen molar-refractivity contribution >= 4 is 28.2 Å². The van der Waals surface area contributed by atoms with Crippen LogP contribution in [0.4, 0.5) is 24.5 Å².